The second-order valence-corrected chi connectivity index (χ2v) is 11.7. The van der Waals surface area contributed by atoms with Gasteiger partial charge in [0.25, 0.3) is 6.43 Å². The van der Waals surface area contributed by atoms with Gasteiger partial charge in [0.1, 0.15) is 17.3 Å². The molecular weight excluding hydrogens is 569 g/mol. The summed E-state index contributed by atoms with van der Waals surface area (Å²) in [6, 6.07) is 7.70. The summed E-state index contributed by atoms with van der Waals surface area (Å²) < 4.78 is 48.7. The van der Waals surface area contributed by atoms with E-state index in [4.69, 9.17) is 16.3 Å². The van der Waals surface area contributed by atoms with E-state index in [1.54, 1.807) is 19.1 Å². The first-order valence-corrected chi connectivity index (χ1v) is 13.9. The van der Waals surface area contributed by atoms with Crippen LogP contribution in [0.2, 0.25) is 5.02 Å². The molecule has 2 fully saturated rings. The van der Waals surface area contributed by atoms with Gasteiger partial charge >= 0.3 is 0 Å². The number of benzene rings is 1. The topological polar surface area (TPSA) is 114 Å². The number of nitrogens with one attached hydrogen (secondary N) is 2. The number of pyridine rings is 2. The highest BCUT2D eigenvalue weighted by Crippen LogP contribution is 2.48. The molecule has 218 valence electrons. The van der Waals surface area contributed by atoms with Crippen LogP contribution in [-0.4, -0.2) is 49.6 Å². The summed E-state index contributed by atoms with van der Waals surface area (Å²) in [5, 5.41) is 26.0. The zero-order valence-corrected chi connectivity index (χ0v) is 23.9. The molecule has 42 heavy (non-hydrogen) atoms. The maximum atomic E-state index is 13.9. The van der Waals surface area contributed by atoms with Crippen molar-refractivity contribution in [2.24, 2.45) is 0 Å². The third-order valence-corrected chi connectivity index (χ3v) is 8.52. The minimum Gasteiger partial charge on any atom is -0.378 e. The average molecular weight is 597 g/mol. The van der Waals surface area contributed by atoms with Crippen molar-refractivity contribution in [2.45, 2.75) is 69.7 Å². The summed E-state index contributed by atoms with van der Waals surface area (Å²) in [4.78, 5) is 8.39. The summed E-state index contributed by atoms with van der Waals surface area (Å²) in [6.45, 7) is 6.22. The van der Waals surface area contributed by atoms with Gasteiger partial charge in [-0.2, -0.15) is 9.65 Å². The minimum absolute atomic E-state index is 0.0640. The number of nitriles is 1. The maximum Gasteiger partial charge on any atom is 0.263 e. The number of hydrogen-bond donors (Lipinski definition) is 2. The Hall–Kier alpha value is -3.95. The van der Waals surface area contributed by atoms with Gasteiger partial charge in [0.2, 0.25) is 5.95 Å². The minimum atomic E-state index is -2.59. The number of aryl methyl sites for hydroxylation is 1. The van der Waals surface area contributed by atoms with E-state index in [1.807, 2.05) is 19.9 Å². The fraction of sp³-hybridized carbons (Fsp3) is 0.414. The number of aromatic nitrogens is 5. The first kappa shape index (κ1) is 28.2. The van der Waals surface area contributed by atoms with Gasteiger partial charge < -0.3 is 15.4 Å². The Labute approximate surface area is 245 Å². The van der Waals surface area contributed by atoms with Gasteiger partial charge in [-0.1, -0.05) is 22.9 Å². The van der Waals surface area contributed by atoms with Crippen molar-refractivity contribution in [3.8, 4) is 6.07 Å². The van der Waals surface area contributed by atoms with Crippen molar-refractivity contribution in [1.29, 1.82) is 5.26 Å². The summed E-state index contributed by atoms with van der Waals surface area (Å²) >= 11 is 6.72. The highest BCUT2D eigenvalue weighted by Gasteiger charge is 2.54. The van der Waals surface area contributed by atoms with Gasteiger partial charge in [-0.05, 0) is 58.2 Å². The molecule has 4 heterocycles. The number of alkyl halides is 2. The second kappa shape index (κ2) is 10.4. The highest BCUT2D eigenvalue weighted by atomic mass is 35.5. The van der Waals surface area contributed by atoms with Crippen molar-refractivity contribution in [2.75, 3.05) is 17.2 Å². The predicted molar refractivity (Wildman–Crippen MR) is 151 cm³/mol. The zero-order chi connectivity index (χ0) is 29.8. The summed E-state index contributed by atoms with van der Waals surface area (Å²) in [5.74, 6) is -0.647. The zero-order valence-electron chi connectivity index (χ0n) is 23.1. The second-order valence-electron chi connectivity index (χ2n) is 11.3. The van der Waals surface area contributed by atoms with Crippen LogP contribution in [0, 0.1) is 24.2 Å². The Morgan fingerprint density at radius 3 is 2.67 bits per heavy atom. The van der Waals surface area contributed by atoms with Gasteiger partial charge in [0.05, 0.1) is 45.7 Å². The van der Waals surface area contributed by atoms with Crippen LogP contribution < -0.4 is 10.6 Å². The standard InChI is InChI=1S/C29H28ClF3N8O/c1-15-18(4-5-23(31)36-15)26(21-14-41(40-39-21)29(7-8-29)27(32)33)37-17-10-19-24(38-22-6-9-42-28(22,2)3)16(12-34)13-35-25(19)20(30)11-17/h4-5,10-11,13-14,22,26-27,37H,6-9H2,1-3H3,(H,35,38). The summed E-state index contributed by atoms with van der Waals surface area (Å²) in [5.41, 5.74) is 1.45. The lowest BCUT2D eigenvalue weighted by Gasteiger charge is -2.28. The van der Waals surface area contributed by atoms with Crippen LogP contribution in [0.5, 0.6) is 0 Å². The van der Waals surface area contributed by atoms with Crippen molar-refractivity contribution < 1.29 is 17.9 Å². The van der Waals surface area contributed by atoms with Crippen LogP contribution >= 0.6 is 11.6 Å². The van der Waals surface area contributed by atoms with Gasteiger partial charge in [-0.15, -0.1) is 5.10 Å². The number of anilines is 2. The Kier molecular flexibility index (Phi) is 6.98. The molecule has 1 aliphatic carbocycles. The molecule has 2 atom stereocenters. The molecule has 6 rings (SSSR count). The number of halogens is 4. The molecule has 1 aliphatic heterocycles. The molecule has 3 aromatic heterocycles. The van der Waals surface area contributed by atoms with Gasteiger partial charge in [0.15, 0.2) is 0 Å². The maximum absolute atomic E-state index is 13.9. The normalized spacial score (nSPS) is 19.5. The van der Waals surface area contributed by atoms with Gasteiger partial charge in [-0.3, -0.25) is 4.98 Å². The van der Waals surface area contributed by atoms with E-state index in [2.05, 4.69) is 37.0 Å². The molecule has 1 saturated carbocycles. The number of nitrogens with zero attached hydrogens (tertiary/aromatic N) is 6. The number of rotatable bonds is 8. The molecular formula is C29H28ClF3N8O. The fourth-order valence-electron chi connectivity index (χ4n) is 5.52. The van der Waals surface area contributed by atoms with Crippen molar-refractivity contribution in [3.05, 3.63) is 70.1 Å². The smallest absolute Gasteiger partial charge is 0.263 e. The van der Waals surface area contributed by atoms with E-state index in [-0.39, 0.29) is 6.04 Å². The molecule has 4 aromatic rings. The number of hydrogen-bond acceptors (Lipinski definition) is 8. The third-order valence-electron chi connectivity index (χ3n) is 8.23. The lowest BCUT2D eigenvalue weighted by Crippen LogP contribution is -2.38. The molecule has 1 aromatic carbocycles. The van der Waals surface area contributed by atoms with E-state index < -0.39 is 29.6 Å². The first-order chi connectivity index (χ1) is 20.0. The van der Waals surface area contributed by atoms with Crippen LogP contribution in [0.3, 0.4) is 0 Å². The lowest BCUT2D eigenvalue weighted by atomic mass is 9.97. The largest absolute Gasteiger partial charge is 0.378 e. The van der Waals surface area contributed by atoms with E-state index in [0.717, 1.165) is 6.42 Å². The SMILES string of the molecule is Cc1nc(F)ccc1C(Nc1cc(Cl)c2ncc(C#N)c(NC3CCOC3(C)C)c2c1)c1cn(C2(C(F)F)CC2)nn1. The first-order valence-electron chi connectivity index (χ1n) is 13.6. The number of fused-ring (bicyclic) bond motifs is 1. The van der Waals surface area contributed by atoms with Gasteiger partial charge in [-0.25, -0.2) is 18.4 Å². The predicted octanol–water partition coefficient (Wildman–Crippen LogP) is 6.13. The quantitative estimate of drug-likeness (QED) is 0.234. The lowest BCUT2D eigenvalue weighted by molar-refractivity contribution is 0.0315. The van der Waals surface area contributed by atoms with E-state index in [1.165, 1.54) is 23.1 Å². The molecule has 13 heteroatoms. The number of ether oxygens (including phenoxy) is 1. The molecule has 1 saturated heterocycles. The molecule has 9 nitrogen and oxygen atoms in total. The Balaban J connectivity index is 1.44. The Morgan fingerprint density at radius 1 is 1.24 bits per heavy atom. The van der Waals surface area contributed by atoms with E-state index >= 15 is 0 Å². The van der Waals surface area contributed by atoms with Crippen LogP contribution in [-0.2, 0) is 10.3 Å². The molecule has 2 N–H and O–H groups in total. The molecule has 0 bridgehead atoms. The van der Waals surface area contributed by atoms with Crippen molar-refractivity contribution >= 4 is 33.9 Å². The Morgan fingerprint density at radius 2 is 2.02 bits per heavy atom. The van der Waals surface area contributed by atoms with Crippen LogP contribution in [0.25, 0.3) is 10.9 Å². The fourth-order valence-corrected chi connectivity index (χ4v) is 5.79. The molecule has 0 spiro atoms. The Bertz CT molecular complexity index is 1720. The molecule has 2 aliphatic rings. The third kappa shape index (κ3) is 4.90. The van der Waals surface area contributed by atoms with Crippen LogP contribution in [0.4, 0.5) is 24.5 Å². The molecule has 2 unspecified atom stereocenters. The van der Waals surface area contributed by atoms with Crippen LogP contribution in [0.1, 0.15) is 61.7 Å². The van der Waals surface area contributed by atoms with Crippen molar-refractivity contribution in [1.82, 2.24) is 25.0 Å². The van der Waals surface area contributed by atoms with Crippen molar-refractivity contribution in [3.63, 3.8) is 0 Å². The average Bonchev–Trinajstić information content (AvgIpc) is 3.49. The molecule has 0 radical (unpaired) electrons. The summed E-state index contributed by atoms with van der Waals surface area (Å²) in [6.07, 6.45) is 1.74. The monoisotopic (exact) mass is 596 g/mol. The van der Waals surface area contributed by atoms with Crippen LogP contribution in [0.15, 0.2) is 36.7 Å². The summed E-state index contributed by atoms with van der Waals surface area (Å²) in [7, 11) is 0. The van der Waals surface area contributed by atoms with E-state index in [0.29, 0.717) is 69.3 Å². The van der Waals surface area contributed by atoms with Gasteiger partial charge in [0, 0.05) is 35.1 Å². The van der Waals surface area contributed by atoms with E-state index in [9.17, 15) is 18.4 Å². The highest BCUT2D eigenvalue weighted by molar-refractivity contribution is 6.35. The molecule has 0 amide bonds.